The third-order valence-electron chi connectivity index (χ3n) is 8.74. The Morgan fingerprint density at radius 2 is 0.472 bits per heavy atom. The summed E-state index contributed by atoms with van der Waals surface area (Å²) >= 11 is 0. The highest BCUT2D eigenvalue weighted by atomic mass is 16.6. The molecule has 0 saturated heterocycles. The van der Waals surface area contributed by atoms with E-state index in [0.717, 1.165) is 0 Å². The van der Waals surface area contributed by atoms with Crippen LogP contribution in [-0.4, -0.2) is 220 Å². The van der Waals surface area contributed by atoms with Gasteiger partial charge >= 0.3 is 35.8 Å². The molecule has 24 nitrogen and oxygen atoms in total. The van der Waals surface area contributed by atoms with Gasteiger partial charge in [-0.25, -0.2) is 28.8 Å². The fourth-order valence-corrected chi connectivity index (χ4v) is 4.92. The molecular weight excluding hydrogens is 961 g/mol. The van der Waals surface area contributed by atoms with Gasteiger partial charge in [0.25, 0.3) is 0 Å². The molecule has 0 fully saturated rings. The minimum atomic E-state index is -1.68. The third kappa shape index (κ3) is 30.6. The second-order valence-corrected chi connectivity index (χ2v) is 16.6. The highest BCUT2D eigenvalue weighted by molar-refractivity contribution is 5.88. The number of rotatable bonds is 41. The Morgan fingerprint density at radius 3 is 0.667 bits per heavy atom. The summed E-state index contributed by atoms with van der Waals surface area (Å²) in [6.07, 6.45) is -15.6. The van der Waals surface area contributed by atoms with Crippen LogP contribution in [0.25, 0.3) is 0 Å². The van der Waals surface area contributed by atoms with E-state index in [2.05, 4.69) is 39.5 Å². The highest BCUT2D eigenvalue weighted by Crippen LogP contribution is 2.22. The van der Waals surface area contributed by atoms with Crippen molar-refractivity contribution >= 4 is 35.8 Å². The Kier molecular flexibility index (Phi) is 34.0. The van der Waals surface area contributed by atoms with E-state index < -0.39 is 189 Å². The first-order chi connectivity index (χ1) is 33.7. The first-order valence-corrected chi connectivity index (χ1v) is 22.3. The number of hydrogen-bond donors (Lipinski definition) is 6. The van der Waals surface area contributed by atoms with E-state index >= 15 is 0 Å². The second-order valence-electron chi connectivity index (χ2n) is 16.6. The van der Waals surface area contributed by atoms with Crippen LogP contribution >= 0.6 is 0 Å². The molecule has 0 aromatic heterocycles. The van der Waals surface area contributed by atoms with Crippen molar-refractivity contribution in [1.29, 1.82) is 0 Å². The predicted octanol–water partition coefficient (Wildman–Crippen LogP) is -0.558. The van der Waals surface area contributed by atoms with Crippen molar-refractivity contribution in [2.24, 2.45) is 0 Å². The maximum absolute atomic E-state index is 12.2. The lowest BCUT2D eigenvalue weighted by atomic mass is 10.0. The van der Waals surface area contributed by atoms with Gasteiger partial charge in [0.15, 0.2) is 0 Å². The topological polar surface area (TPSA) is 335 Å². The summed E-state index contributed by atoms with van der Waals surface area (Å²) in [6, 6.07) is 0. The molecule has 0 spiro atoms. The van der Waals surface area contributed by atoms with Gasteiger partial charge in [-0.1, -0.05) is 39.5 Å². The molecule has 0 saturated carbocycles. The highest BCUT2D eigenvalue weighted by Gasteiger charge is 2.40. The van der Waals surface area contributed by atoms with Crippen molar-refractivity contribution in [3.63, 3.8) is 0 Å². The lowest BCUT2D eigenvalue weighted by molar-refractivity contribution is -0.219. The molecule has 0 aliphatic heterocycles. The number of aliphatic hydroxyl groups is 6. The van der Waals surface area contributed by atoms with Crippen LogP contribution in [0.2, 0.25) is 0 Å². The average molecular weight is 1040 g/mol. The zero-order chi connectivity index (χ0) is 55.1. The van der Waals surface area contributed by atoms with E-state index in [0.29, 0.717) is 0 Å². The fourth-order valence-electron chi connectivity index (χ4n) is 4.92. The molecule has 0 bridgehead atoms. The van der Waals surface area contributed by atoms with Gasteiger partial charge in [0.05, 0.1) is 52.9 Å². The zero-order valence-corrected chi connectivity index (χ0v) is 41.9. The summed E-state index contributed by atoms with van der Waals surface area (Å²) in [5.41, 5.74) is 0.152. The van der Waals surface area contributed by atoms with Crippen LogP contribution in [0.4, 0.5) is 0 Å². The summed E-state index contributed by atoms with van der Waals surface area (Å²) in [5, 5.41) is 65.1. The third-order valence-corrected chi connectivity index (χ3v) is 8.74. The van der Waals surface area contributed by atoms with Gasteiger partial charge in [0.2, 0.25) is 0 Å². The summed E-state index contributed by atoms with van der Waals surface area (Å²) in [6.45, 7) is 20.5. The maximum atomic E-state index is 12.2. The average Bonchev–Trinajstić information content (AvgIpc) is 3.31. The Labute approximate surface area is 419 Å². The molecular formula is C48H74O24. The van der Waals surface area contributed by atoms with Crippen molar-refractivity contribution in [3.8, 4) is 0 Å². The van der Waals surface area contributed by atoms with Crippen molar-refractivity contribution in [2.75, 3.05) is 92.5 Å². The lowest BCUT2D eigenvalue weighted by Gasteiger charge is -2.38. The first-order valence-electron chi connectivity index (χ1n) is 22.3. The smallest absolute Gasteiger partial charge is 0.333 e. The van der Waals surface area contributed by atoms with Crippen LogP contribution in [0, 0.1) is 0 Å². The Balaban J connectivity index is 7.63. The summed E-state index contributed by atoms with van der Waals surface area (Å²) in [5.74, 6) is -5.00. The Hall–Kier alpha value is -5.22. The van der Waals surface area contributed by atoms with Gasteiger partial charge in [-0.15, -0.1) is 0 Å². The molecule has 10 atom stereocenters. The molecule has 0 amide bonds. The van der Waals surface area contributed by atoms with Gasteiger partial charge in [-0.2, -0.15) is 0 Å². The second kappa shape index (κ2) is 36.7. The Morgan fingerprint density at radius 1 is 0.292 bits per heavy atom. The van der Waals surface area contributed by atoms with Crippen molar-refractivity contribution in [2.45, 2.75) is 103 Å². The minimum absolute atomic E-state index is 0.00676. The molecule has 410 valence electrons. The molecule has 0 rings (SSSR count). The van der Waals surface area contributed by atoms with Crippen LogP contribution in [0.15, 0.2) is 72.9 Å². The van der Waals surface area contributed by atoms with Gasteiger partial charge in [-0.3, -0.25) is 0 Å². The summed E-state index contributed by atoms with van der Waals surface area (Å²) < 4.78 is 66.5. The number of carbonyl (C=O) groups is 6. The van der Waals surface area contributed by atoms with Crippen LogP contribution in [-0.2, 0) is 85.6 Å². The Bertz CT molecular complexity index is 1680. The largest absolute Gasteiger partial charge is 0.460 e. The SMILES string of the molecule is C=C(C)C(=O)OCC(O)COC[C@@H](OCC(O)COC(=O)C(=C)C)[C@@H](OCC(O)COC(=O)C(=C)C)[C@H](OCC(O)COC(=O)C(=C)C)[C@@H](COCC(O)COC(=O)C(=C)C)OCC(O)COC(=O)C(=C)C. The number of carbonyl (C=O) groups excluding carboxylic acids is 6. The molecule has 0 heterocycles. The molecule has 6 N–H and O–H groups in total. The van der Waals surface area contributed by atoms with Gasteiger partial charge in [-0.05, 0) is 41.5 Å². The zero-order valence-electron chi connectivity index (χ0n) is 41.9. The van der Waals surface area contributed by atoms with Crippen LogP contribution in [0.3, 0.4) is 0 Å². The van der Waals surface area contributed by atoms with E-state index in [-0.39, 0.29) is 33.4 Å². The summed E-state index contributed by atoms with van der Waals surface area (Å²) in [7, 11) is 0. The van der Waals surface area contributed by atoms with Crippen molar-refractivity contribution < 1.29 is 116 Å². The number of ether oxygens (including phenoxy) is 12. The number of esters is 6. The number of aliphatic hydroxyl groups excluding tert-OH is 6. The number of hydrogen-bond acceptors (Lipinski definition) is 24. The fraction of sp³-hybridized carbons (Fsp3) is 0.625. The molecule has 0 aliphatic carbocycles. The maximum Gasteiger partial charge on any atom is 0.333 e. The standard InChI is InChI=1S/C48H74O24/c1-27(2)43(55)67-19-33(49)13-61-25-39(63-15-35(51)21-69-45(57)29(5)6)41(65-17-37(53)23-71-47(59)31(9)10)42(66-18-38(54)24-72-48(60)32(11)12)40(64-16-36(52)22-70-46(58)30(7)8)26-62-14-34(50)20-68-44(56)28(3)4/h33-42,49-54H,1,3,5,7,9,11,13-26H2,2,4,6,8,10,12H3/t33?,34?,35?,36?,37?,38?,39-,40-,41-,42-/m1/s1. The monoisotopic (exact) mass is 1030 g/mol. The first kappa shape index (κ1) is 66.8. The van der Waals surface area contributed by atoms with E-state index in [1.54, 1.807) is 0 Å². The van der Waals surface area contributed by atoms with Crippen molar-refractivity contribution in [1.82, 2.24) is 0 Å². The van der Waals surface area contributed by atoms with Crippen molar-refractivity contribution in [3.05, 3.63) is 72.9 Å². The van der Waals surface area contributed by atoms with Gasteiger partial charge < -0.3 is 87.5 Å². The molecule has 24 heteroatoms. The van der Waals surface area contributed by atoms with Crippen LogP contribution < -0.4 is 0 Å². The normalized spacial score (nSPS) is 15.3. The molecule has 0 aromatic carbocycles. The quantitative estimate of drug-likeness (QED) is 0.0254. The predicted molar refractivity (Wildman–Crippen MR) is 251 cm³/mol. The molecule has 6 unspecified atom stereocenters. The van der Waals surface area contributed by atoms with E-state index in [1.807, 2.05) is 0 Å². The molecule has 72 heavy (non-hydrogen) atoms. The van der Waals surface area contributed by atoms with Crippen LogP contribution in [0.1, 0.15) is 41.5 Å². The van der Waals surface area contributed by atoms with E-state index in [1.165, 1.54) is 41.5 Å². The molecule has 0 radical (unpaired) electrons. The van der Waals surface area contributed by atoms with E-state index in [4.69, 9.17) is 56.8 Å². The van der Waals surface area contributed by atoms with Crippen LogP contribution in [0.5, 0.6) is 0 Å². The van der Waals surface area contributed by atoms with Gasteiger partial charge in [0.1, 0.15) is 101 Å². The minimum Gasteiger partial charge on any atom is -0.460 e. The van der Waals surface area contributed by atoms with E-state index in [9.17, 15) is 59.4 Å². The molecule has 0 aliphatic rings. The summed E-state index contributed by atoms with van der Waals surface area (Å²) in [4.78, 5) is 72.7. The van der Waals surface area contributed by atoms with Gasteiger partial charge in [0, 0.05) is 33.4 Å². The molecule has 0 aromatic rings. The lowest BCUT2D eigenvalue weighted by Crippen LogP contribution is -2.55.